The summed E-state index contributed by atoms with van der Waals surface area (Å²) in [5, 5.41) is 11.1. The fourth-order valence-electron chi connectivity index (χ4n) is 1.56. The molecule has 2 aromatic rings. The number of nitrogens with two attached hydrogens (primary N) is 2. The summed E-state index contributed by atoms with van der Waals surface area (Å²) in [6, 6.07) is 6.06. The van der Waals surface area contributed by atoms with Gasteiger partial charge in [-0.1, -0.05) is 0 Å². The largest absolute Gasteiger partial charge is 0.508 e. The van der Waals surface area contributed by atoms with Crippen LogP contribution in [0.15, 0.2) is 45.4 Å². The van der Waals surface area contributed by atoms with Crippen LogP contribution >= 0.6 is 0 Å². The molecule has 0 aliphatic carbocycles. The molecule has 0 aliphatic heterocycles. The number of anilines is 1. The van der Waals surface area contributed by atoms with Gasteiger partial charge in [-0.05, 0) is 25.1 Å². The Kier molecular flexibility index (Phi) is 2.95. The van der Waals surface area contributed by atoms with Crippen molar-refractivity contribution in [3.8, 4) is 5.75 Å². The van der Waals surface area contributed by atoms with E-state index in [0.29, 0.717) is 16.7 Å². The Morgan fingerprint density at radius 2 is 2.17 bits per heavy atom. The van der Waals surface area contributed by atoms with E-state index in [1.807, 2.05) is 0 Å². The second kappa shape index (κ2) is 4.42. The molecular weight excluding hydrogens is 234 g/mol. The highest BCUT2D eigenvalue weighted by Crippen LogP contribution is 2.21. The molecular formula is C12H13N3O3. The maximum atomic E-state index is 11.7. The van der Waals surface area contributed by atoms with Crippen molar-refractivity contribution in [3.63, 3.8) is 0 Å². The predicted octanol–water partition coefficient (Wildman–Crippen LogP) is 0.999. The number of aromatic hydroxyl groups is 1. The number of hydrogen-bond donors (Lipinski definition) is 3. The smallest absolute Gasteiger partial charge is 0.361 e. The van der Waals surface area contributed by atoms with Gasteiger partial charge in [-0.15, -0.1) is 0 Å². The summed E-state index contributed by atoms with van der Waals surface area (Å²) >= 11 is 0. The molecule has 94 valence electrons. The van der Waals surface area contributed by atoms with Crippen molar-refractivity contribution in [1.29, 1.82) is 0 Å². The highest BCUT2D eigenvalue weighted by atomic mass is 16.4. The second-order valence-corrected chi connectivity index (χ2v) is 3.92. The summed E-state index contributed by atoms with van der Waals surface area (Å²) in [5.41, 5.74) is 5.81. The zero-order chi connectivity index (χ0) is 13.3. The highest BCUT2D eigenvalue weighted by molar-refractivity contribution is 5.81. The van der Waals surface area contributed by atoms with Gasteiger partial charge in [-0.25, -0.2) is 10.6 Å². The molecule has 6 heteroatoms. The molecule has 6 nitrogen and oxygen atoms in total. The second-order valence-electron chi connectivity index (χ2n) is 3.92. The number of rotatable bonds is 2. The number of benzene rings is 1. The van der Waals surface area contributed by atoms with Gasteiger partial charge in [0.15, 0.2) is 0 Å². The summed E-state index contributed by atoms with van der Waals surface area (Å²) in [6.07, 6.45) is 1.42. The monoisotopic (exact) mass is 247 g/mol. The van der Waals surface area contributed by atoms with Crippen LogP contribution in [0, 0.1) is 0 Å². The molecule has 0 saturated heterocycles. The molecule has 0 fully saturated rings. The zero-order valence-corrected chi connectivity index (χ0v) is 9.75. The van der Waals surface area contributed by atoms with E-state index in [1.54, 1.807) is 19.1 Å². The van der Waals surface area contributed by atoms with Gasteiger partial charge >= 0.3 is 5.63 Å². The van der Waals surface area contributed by atoms with Crippen LogP contribution in [-0.4, -0.2) is 5.11 Å². The SMILES string of the molecule is C/C(N)=C/N(N)c1cc2ccc(O)cc2oc1=O. The van der Waals surface area contributed by atoms with Gasteiger partial charge < -0.3 is 15.3 Å². The first kappa shape index (κ1) is 12.0. The van der Waals surface area contributed by atoms with Crippen LogP contribution in [0.5, 0.6) is 5.75 Å². The van der Waals surface area contributed by atoms with Crippen molar-refractivity contribution in [2.24, 2.45) is 11.6 Å². The quantitative estimate of drug-likeness (QED) is 0.415. The van der Waals surface area contributed by atoms with E-state index in [1.165, 1.54) is 18.3 Å². The van der Waals surface area contributed by atoms with E-state index in [0.717, 1.165) is 5.01 Å². The molecule has 1 heterocycles. The number of phenols is 1. The van der Waals surface area contributed by atoms with Crippen molar-refractivity contribution in [2.75, 3.05) is 5.01 Å². The third-order valence-electron chi connectivity index (χ3n) is 2.32. The summed E-state index contributed by atoms with van der Waals surface area (Å²) < 4.78 is 5.07. The lowest BCUT2D eigenvalue weighted by Crippen LogP contribution is -2.30. The standard InChI is InChI=1S/C12H13N3O3/c1-7(13)6-15(14)10-4-8-2-3-9(16)5-11(8)18-12(10)17/h2-6,16H,13-14H2,1H3/b7-6-. The molecule has 0 aliphatic rings. The van der Waals surface area contributed by atoms with Gasteiger partial charge in [0.25, 0.3) is 0 Å². The Labute approximate surface area is 103 Å². The summed E-state index contributed by atoms with van der Waals surface area (Å²) in [7, 11) is 0. The summed E-state index contributed by atoms with van der Waals surface area (Å²) in [4.78, 5) is 11.7. The number of phenolic OH excluding ortho intramolecular Hbond substituents is 1. The Bertz CT molecular complexity index is 672. The summed E-state index contributed by atoms with van der Waals surface area (Å²) in [6.45, 7) is 1.65. The van der Waals surface area contributed by atoms with E-state index in [-0.39, 0.29) is 11.4 Å². The molecule has 0 amide bonds. The molecule has 1 aromatic heterocycles. The normalized spacial score (nSPS) is 11.8. The number of hydrogen-bond acceptors (Lipinski definition) is 6. The number of fused-ring (bicyclic) bond motifs is 1. The average molecular weight is 247 g/mol. The van der Waals surface area contributed by atoms with Gasteiger partial charge in [0.2, 0.25) is 0 Å². The maximum Gasteiger partial charge on any atom is 0.361 e. The highest BCUT2D eigenvalue weighted by Gasteiger charge is 2.09. The van der Waals surface area contributed by atoms with Crippen LogP contribution in [0.2, 0.25) is 0 Å². The van der Waals surface area contributed by atoms with Crippen LogP contribution in [0.4, 0.5) is 5.69 Å². The Hall–Kier alpha value is -2.47. The minimum Gasteiger partial charge on any atom is -0.508 e. The van der Waals surface area contributed by atoms with Gasteiger partial charge in [0.1, 0.15) is 17.0 Å². The molecule has 0 unspecified atom stereocenters. The predicted molar refractivity (Wildman–Crippen MR) is 68.8 cm³/mol. The van der Waals surface area contributed by atoms with E-state index < -0.39 is 5.63 Å². The van der Waals surface area contributed by atoms with Crippen LogP contribution in [0.3, 0.4) is 0 Å². The maximum absolute atomic E-state index is 11.7. The Morgan fingerprint density at radius 3 is 2.83 bits per heavy atom. The number of nitrogens with zero attached hydrogens (tertiary/aromatic N) is 1. The van der Waals surface area contributed by atoms with E-state index >= 15 is 0 Å². The summed E-state index contributed by atoms with van der Waals surface area (Å²) in [5.74, 6) is 5.71. The van der Waals surface area contributed by atoms with E-state index in [4.69, 9.17) is 16.0 Å². The first-order chi connectivity index (χ1) is 8.47. The van der Waals surface area contributed by atoms with Gasteiger partial charge in [-0.2, -0.15) is 0 Å². The third-order valence-corrected chi connectivity index (χ3v) is 2.32. The molecule has 18 heavy (non-hydrogen) atoms. The zero-order valence-electron chi connectivity index (χ0n) is 9.75. The van der Waals surface area contributed by atoms with Crippen molar-refractivity contribution < 1.29 is 9.52 Å². The van der Waals surface area contributed by atoms with Gasteiger partial charge in [0, 0.05) is 23.3 Å². The molecule has 0 radical (unpaired) electrons. The van der Waals surface area contributed by atoms with Gasteiger partial charge in [-0.3, -0.25) is 5.01 Å². The molecule has 0 atom stereocenters. The van der Waals surface area contributed by atoms with Crippen molar-refractivity contribution >= 4 is 16.7 Å². The molecule has 0 saturated carbocycles. The number of hydrazine groups is 1. The lowest BCUT2D eigenvalue weighted by molar-refractivity contribution is 0.473. The molecule has 0 spiro atoms. The minimum absolute atomic E-state index is 0.0284. The first-order valence-electron chi connectivity index (χ1n) is 5.22. The topological polar surface area (TPSA) is 106 Å². The fourth-order valence-corrected chi connectivity index (χ4v) is 1.56. The van der Waals surface area contributed by atoms with Crippen LogP contribution in [0.1, 0.15) is 6.92 Å². The fraction of sp³-hybridized carbons (Fsp3) is 0.0833. The van der Waals surface area contributed by atoms with Crippen molar-refractivity contribution in [1.82, 2.24) is 0 Å². The first-order valence-corrected chi connectivity index (χ1v) is 5.22. The third kappa shape index (κ3) is 2.28. The van der Waals surface area contributed by atoms with Crippen molar-refractivity contribution in [3.05, 3.63) is 46.6 Å². The van der Waals surface area contributed by atoms with Crippen LogP contribution in [-0.2, 0) is 0 Å². The van der Waals surface area contributed by atoms with E-state index in [2.05, 4.69) is 0 Å². The van der Waals surface area contributed by atoms with Crippen LogP contribution < -0.4 is 22.2 Å². The van der Waals surface area contributed by atoms with Crippen LogP contribution in [0.25, 0.3) is 11.0 Å². The minimum atomic E-state index is -0.604. The molecule has 1 aromatic carbocycles. The van der Waals surface area contributed by atoms with Gasteiger partial charge in [0.05, 0.1) is 0 Å². The lowest BCUT2D eigenvalue weighted by atomic mass is 10.2. The molecule has 5 N–H and O–H groups in total. The lowest BCUT2D eigenvalue weighted by Gasteiger charge is -2.13. The average Bonchev–Trinajstić information content (AvgIpc) is 2.26. The van der Waals surface area contributed by atoms with E-state index in [9.17, 15) is 9.90 Å². The Balaban J connectivity index is 2.60. The molecule has 0 bridgehead atoms. The van der Waals surface area contributed by atoms with Crippen molar-refractivity contribution in [2.45, 2.75) is 6.92 Å². The Morgan fingerprint density at radius 1 is 1.44 bits per heavy atom. The number of allylic oxidation sites excluding steroid dienone is 1. The molecule has 2 rings (SSSR count).